The second-order valence-corrected chi connectivity index (χ2v) is 5.73. The van der Waals surface area contributed by atoms with Crippen molar-refractivity contribution in [3.05, 3.63) is 22.2 Å². The first-order valence-corrected chi connectivity index (χ1v) is 7.07. The Morgan fingerprint density at radius 3 is 2.58 bits per heavy atom. The van der Waals surface area contributed by atoms with Crippen LogP contribution in [0.5, 0.6) is 11.5 Å². The molecule has 0 saturated carbocycles. The van der Waals surface area contributed by atoms with Crippen LogP contribution in [0.1, 0.15) is 12.0 Å². The van der Waals surface area contributed by atoms with Gasteiger partial charge in [-0.3, -0.25) is 4.90 Å². The molecule has 106 valence electrons. The van der Waals surface area contributed by atoms with Crippen LogP contribution in [0, 0.1) is 0 Å². The molecule has 4 nitrogen and oxygen atoms in total. The van der Waals surface area contributed by atoms with Gasteiger partial charge in [-0.2, -0.15) is 0 Å². The van der Waals surface area contributed by atoms with E-state index in [1.54, 1.807) is 0 Å². The highest BCUT2D eigenvalue weighted by atomic mass is 79.9. The second kappa shape index (κ2) is 6.31. The van der Waals surface area contributed by atoms with Crippen molar-refractivity contribution in [2.75, 3.05) is 26.3 Å². The Kier molecular flexibility index (Phi) is 4.95. The number of likely N-dealkylation sites (tertiary alicyclic amines) is 1. The van der Waals surface area contributed by atoms with Crippen molar-refractivity contribution in [1.29, 1.82) is 0 Å². The van der Waals surface area contributed by atoms with Crippen molar-refractivity contribution in [3.63, 3.8) is 0 Å². The summed E-state index contributed by atoms with van der Waals surface area (Å²) in [4.78, 5) is 2.38. The average molecular weight is 350 g/mol. The third kappa shape index (κ3) is 3.34. The molecule has 0 radical (unpaired) electrons. The summed E-state index contributed by atoms with van der Waals surface area (Å²) < 4.78 is 12.2. The molecule has 1 atom stereocenters. The number of rotatable bonds is 2. The molecule has 1 aromatic rings. The molecule has 0 bridgehead atoms. The van der Waals surface area contributed by atoms with Gasteiger partial charge in [0.05, 0.1) is 0 Å². The highest BCUT2D eigenvalue weighted by Gasteiger charge is 2.21. The predicted molar refractivity (Wildman–Crippen MR) is 80.2 cm³/mol. The molecule has 6 heteroatoms. The van der Waals surface area contributed by atoms with Crippen molar-refractivity contribution in [2.24, 2.45) is 5.73 Å². The maximum Gasteiger partial charge on any atom is 0.162 e. The van der Waals surface area contributed by atoms with Crippen molar-refractivity contribution >= 4 is 28.3 Å². The Bertz CT molecular complexity index is 459. The van der Waals surface area contributed by atoms with E-state index in [0.717, 1.165) is 42.0 Å². The monoisotopic (exact) mass is 348 g/mol. The topological polar surface area (TPSA) is 47.7 Å². The number of nitrogens with two attached hydrogens (primary N) is 1. The van der Waals surface area contributed by atoms with E-state index < -0.39 is 0 Å². The lowest BCUT2D eigenvalue weighted by molar-refractivity contribution is 0.171. The molecule has 3 rings (SSSR count). The number of benzene rings is 1. The number of halogens is 2. The van der Waals surface area contributed by atoms with Gasteiger partial charge in [0.2, 0.25) is 0 Å². The summed E-state index contributed by atoms with van der Waals surface area (Å²) >= 11 is 3.60. The molecule has 0 aliphatic carbocycles. The van der Waals surface area contributed by atoms with Crippen LogP contribution in [-0.2, 0) is 6.54 Å². The second-order valence-electron chi connectivity index (χ2n) is 4.87. The van der Waals surface area contributed by atoms with E-state index in [0.29, 0.717) is 19.3 Å². The summed E-state index contributed by atoms with van der Waals surface area (Å²) in [5, 5.41) is 0. The summed E-state index contributed by atoms with van der Waals surface area (Å²) in [6.07, 6.45) is 1.09. The van der Waals surface area contributed by atoms with Crippen LogP contribution < -0.4 is 15.2 Å². The number of fused-ring (bicyclic) bond motifs is 1. The third-order valence-corrected chi connectivity index (χ3v) is 4.15. The molecular formula is C13H18BrClN2O2. The molecule has 1 saturated heterocycles. The molecule has 0 aromatic heterocycles. The van der Waals surface area contributed by atoms with E-state index in [-0.39, 0.29) is 12.4 Å². The maximum atomic E-state index is 5.93. The summed E-state index contributed by atoms with van der Waals surface area (Å²) in [6, 6.07) is 4.39. The van der Waals surface area contributed by atoms with Crippen molar-refractivity contribution in [3.8, 4) is 11.5 Å². The molecule has 0 amide bonds. The zero-order valence-electron chi connectivity index (χ0n) is 10.6. The average Bonchev–Trinajstić information content (AvgIpc) is 2.76. The Morgan fingerprint density at radius 2 is 1.95 bits per heavy atom. The zero-order chi connectivity index (χ0) is 12.5. The summed E-state index contributed by atoms with van der Waals surface area (Å²) in [6.45, 7) is 4.20. The third-order valence-electron chi connectivity index (χ3n) is 3.41. The molecule has 2 aliphatic heterocycles. The van der Waals surface area contributed by atoms with Crippen molar-refractivity contribution in [2.45, 2.75) is 19.0 Å². The van der Waals surface area contributed by atoms with Gasteiger partial charge in [0, 0.05) is 30.1 Å². The van der Waals surface area contributed by atoms with Crippen LogP contribution >= 0.6 is 28.3 Å². The Balaban J connectivity index is 0.00000133. The van der Waals surface area contributed by atoms with E-state index in [4.69, 9.17) is 15.2 Å². The summed E-state index contributed by atoms with van der Waals surface area (Å²) in [5.74, 6) is 1.68. The number of hydrogen-bond acceptors (Lipinski definition) is 4. The van der Waals surface area contributed by atoms with Crippen LogP contribution in [0.2, 0.25) is 0 Å². The van der Waals surface area contributed by atoms with Gasteiger partial charge in [-0.05, 0) is 24.1 Å². The molecule has 2 heterocycles. The van der Waals surface area contributed by atoms with Gasteiger partial charge in [-0.25, -0.2) is 0 Å². The molecule has 1 aromatic carbocycles. The lowest BCUT2D eigenvalue weighted by Crippen LogP contribution is -2.26. The van der Waals surface area contributed by atoms with E-state index in [9.17, 15) is 0 Å². The summed E-state index contributed by atoms with van der Waals surface area (Å²) in [7, 11) is 0. The lowest BCUT2D eigenvalue weighted by atomic mass is 10.2. The van der Waals surface area contributed by atoms with E-state index in [2.05, 4.69) is 26.9 Å². The van der Waals surface area contributed by atoms with Crippen molar-refractivity contribution in [1.82, 2.24) is 4.90 Å². The highest BCUT2D eigenvalue weighted by Crippen LogP contribution is 2.36. The predicted octanol–water partition coefficient (Wildman–Crippen LogP) is 2.18. The molecule has 19 heavy (non-hydrogen) atoms. The maximum absolute atomic E-state index is 5.93. The molecular weight excluding hydrogens is 332 g/mol. The first-order chi connectivity index (χ1) is 8.72. The SMILES string of the molecule is Cl.N[C@H]1CCN(Cc2cc3c(cc2Br)OCCO3)C1. The van der Waals surface area contributed by atoms with Crippen LogP contribution in [0.25, 0.3) is 0 Å². The molecule has 1 fully saturated rings. The standard InChI is InChI=1S/C13H17BrN2O2.ClH/c14-11-6-13-12(17-3-4-18-13)5-9(11)7-16-2-1-10(15)8-16;/h5-6,10H,1-4,7-8,15H2;1H/t10-;/m0./s1. The van der Waals surface area contributed by atoms with Crippen LogP contribution in [0.3, 0.4) is 0 Å². The van der Waals surface area contributed by atoms with Crippen molar-refractivity contribution < 1.29 is 9.47 Å². The molecule has 2 N–H and O–H groups in total. The van der Waals surface area contributed by atoms with Crippen LogP contribution in [0.15, 0.2) is 16.6 Å². The van der Waals surface area contributed by atoms with Gasteiger partial charge in [-0.1, -0.05) is 15.9 Å². The minimum Gasteiger partial charge on any atom is -0.486 e. The first kappa shape index (κ1) is 14.9. The fourth-order valence-corrected chi connectivity index (χ4v) is 2.92. The first-order valence-electron chi connectivity index (χ1n) is 6.28. The summed E-state index contributed by atoms with van der Waals surface area (Å²) in [5.41, 5.74) is 7.16. The Morgan fingerprint density at radius 1 is 1.26 bits per heavy atom. The smallest absolute Gasteiger partial charge is 0.162 e. The van der Waals surface area contributed by atoms with Gasteiger partial charge >= 0.3 is 0 Å². The quantitative estimate of drug-likeness (QED) is 0.889. The highest BCUT2D eigenvalue weighted by molar-refractivity contribution is 9.10. The largest absolute Gasteiger partial charge is 0.486 e. The van der Waals surface area contributed by atoms with Crippen LogP contribution in [0.4, 0.5) is 0 Å². The fraction of sp³-hybridized carbons (Fsp3) is 0.538. The van der Waals surface area contributed by atoms with E-state index in [1.165, 1.54) is 5.56 Å². The Labute approximate surface area is 127 Å². The van der Waals surface area contributed by atoms with Gasteiger partial charge in [0.25, 0.3) is 0 Å². The molecule has 2 aliphatic rings. The van der Waals surface area contributed by atoms with Crippen LogP contribution in [-0.4, -0.2) is 37.2 Å². The minimum atomic E-state index is 0. The number of hydrogen-bond donors (Lipinski definition) is 1. The lowest BCUT2D eigenvalue weighted by Gasteiger charge is -2.22. The number of nitrogens with zero attached hydrogens (tertiary/aromatic N) is 1. The molecule has 0 spiro atoms. The Hall–Kier alpha value is -0.490. The van der Waals surface area contributed by atoms with Gasteiger partial charge in [-0.15, -0.1) is 12.4 Å². The molecule has 0 unspecified atom stereocenters. The van der Waals surface area contributed by atoms with Gasteiger partial charge in [0.1, 0.15) is 13.2 Å². The normalized spacial score (nSPS) is 22.1. The minimum absolute atomic E-state index is 0. The fourth-order valence-electron chi connectivity index (χ4n) is 2.47. The van der Waals surface area contributed by atoms with E-state index >= 15 is 0 Å². The van der Waals surface area contributed by atoms with Gasteiger partial charge in [0.15, 0.2) is 11.5 Å². The van der Waals surface area contributed by atoms with Gasteiger partial charge < -0.3 is 15.2 Å². The zero-order valence-corrected chi connectivity index (χ0v) is 13.0. The van der Waals surface area contributed by atoms with E-state index in [1.807, 2.05) is 6.07 Å². The number of ether oxygens (including phenoxy) is 2.